The van der Waals surface area contributed by atoms with Crippen LogP contribution in [-0.4, -0.2) is 154 Å². The average Bonchev–Trinajstić information content (AvgIpc) is 1.38. The molecule has 1 aliphatic carbocycles. The first-order valence-electron chi connectivity index (χ1n) is 34.1. The van der Waals surface area contributed by atoms with Gasteiger partial charge in [0, 0.05) is 31.7 Å². The normalized spacial score (nSPS) is 12.3. The lowest BCUT2D eigenvalue weighted by atomic mass is 10.2. The lowest BCUT2D eigenvalue weighted by molar-refractivity contribution is 0.279. The van der Waals surface area contributed by atoms with Gasteiger partial charge in [-0.25, -0.2) is 24.9 Å². The molecule has 25 nitrogen and oxygen atoms in total. The average molecular weight is 1680 g/mol. The molecule has 0 radical (unpaired) electrons. The Labute approximate surface area is 667 Å². The third-order valence-electron chi connectivity index (χ3n) is 17.6. The van der Waals surface area contributed by atoms with Crippen molar-refractivity contribution in [2.75, 3.05) is 61.4 Å². The van der Waals surface area contributed by atoms with Gasteiger partial charge in [-0.15, -0.1) is 0 Å². The van der Waals surface area contributed by atoms with Crippen LogP contribution in [-0.2, 0) is 46.3 Å². The fourth-order valence-electron chi connectivity index (χ4n) is 11.5. The van der Waals surface area contributed by atoms with Crippen molar-refractivity contribution in [3.63, 3.8) is 0 Å². The summed E-state index contributed by atoms with van der Waals surface area (Å²) >= 11 is 60.2. The van der Waals surface area contributed by atoms with Crippen LogP contribution < -0.4 is 33.1 Å². The first-order chi connectivity index (χ1) is 50.2. The Kier molecular flexibility index (Phi) is 30.7. The van der Waals surface area contributed by atoms with Crippen molar-refractivity contribution in [3.05, 3.63) is 161 Å². The predicted molar refractivity (Wildman–Crippen MR) is 434 cm³/mol. The molecule has 0 aliphatic heterocycles. The molecule has 1 aliphatic rings. The Bertz CT molecular complexity index is 5320. The number of benzene rings is 5. The van der Waals surface area contributed by atoms with E-state index in [0.717, 1.165) is 39.0 Å². The molecule has 1 saturated carbocycles. The van der Waals surface area contributed by atoms with Crippen LogP contribution in [0.25, 0.3) is 54.5 Å². The zero-order valence-electron chi connectivity index (χ0n) is 62.0. The lowest BCUT2D eigenvalue weighted by Crippen LogP contribution is -2.32. The van der Waals surface area contributed by atoms with Gasteiger partial charge in [0.2, 0.25) is 0 Å². The number of fused-ring (bicyclic) bond motifs is 5. The quantitative estimate of drug-likeness (QED) is 0.0438. The molecule has 5 heterocycles. The van der Waals surface area contributed by atoms with Gasteiger partial charge in [-0.3, -0.25) is 61.5 Å². The second kappa shape index (κ2) is 37.5. The first kappa shape index (κ1) is 87.7. The number of hydrogen-bond acceptors (Lipinski definition) is 20. The topological polar surface area (TPSA) is 301 Å². The summed E-state index contributed by atoms with van der Waals surface area (Å²) in [5, 5.41) is 55.8. The Morgan fingerprint density at radius 2 is 0.701 bits per heavy atom. The smallest absolute Gasteiger partial charge is 0.263 e. The van der Waals surface area contributed by atoms with Crippen molar-refractivity contribution in [3.8, 4) is 28.7 Å². The summed E-state index contributed by atoms with van der Waals surface area (Å²) in [6, 6.07) is 6.62. The molecule has 0 saturated heterocycles. The molecule has 0 atom stereocenters. The largest absolute Gasteiger partial charge is 0.504 e. The van der Waals surface area contributed by atoms with E-state index < -0.39 is 0 Å². The number of nitrogens with zero attached hydrogens (tertiary/aromatic N) is 14. The molecular weight excluding hydrogens is 1590 g/mol. The summed E-state index contributed by atoms with van der Waals surface area (Å²) in [6.07, 6.45) is 2.26. The van der Waals surface area contributed by atoms with E-state index in [9.17, 15) is 49.5 Å². The van der Waals surface area contributed by atoms with Crippen molar-refractivity contribution in [2.24, 2.45) is 13.0 Å². The van der Waals surface area contributed by atoms with Gasteiger partial charge in [0.15, 0.2) is 28.7 Å². The standard InChI is InChI=1S/C16H19Cl2N3O2.C16H21Cl2N3O2.C14H17Cl2N3O2.2C13H15Cl2N3O2/c1-3-20(2)8-12-19-14-13(10(17)6-11(18)15(14)22)16(23)21(12)7-9-4-5-9;1-5-20(6-2)8-12-19-14-13(16(23)21(12)9(3)4)10(17)7-11(18)15(14)22;1-7(2)19-10(6-18(3)4)17-12-11(14(19)21)8(15)5-9(16)13(12)20;1-6(2)18-9(5-16-3)17-11-10(13(18)20)7(14)4-8(15)12(11)19;1-4-17(2)6-9-16-11-10(13(20)18(9)3)7(14)5-8(15)12(11)19/h6,9,22H,3-5,7-8H2,1-2H3;7,9,22H,5-6,8H2,1-4H3;5,7,20H,6H2,1-4H3;4,6,16,19H,5H2,1-3H3;5,19H,4,6H2,1-3H3. The van der Waals surface area contributed by atoms with Gasteiger partial charge < -0.3 is 35.7 Å². The number of phenolic OH excluding ortho intramolecular Hbond substituents is 5. The van der Waals surface area contributed by atoms with Crippen LogP contribution in [0.1, 0.15) is 129 Å². The molecule has 1 fully saturated rings. The van der Waals surface area contributed by atoms with Gasteiger partial charge in [-0.2, -0.15) is 0 Å². The Hall–Kier alpha value is -6.50. The maximum absolute atomic E-state index is 12.9. The summed E-state index contributed by atoms with van der Waals surface area (Å²) in [7, 11) is 11.0. The fourth-order valence-corrected chi connectivity index (χ4v) is 14.2. The zero-order chi connectivity index (χ0) is 80.0. The van der Waals surface area contributed by atoms with E-state index in [2.05, 4.69) is 40.0 Å². The summed E-state index contributed by atoms with van der Waals surface area (Å²) in [4.78, 5) is 93.8. The molecule has 10 aromatic rings. The van der Waals surface area contributed by atoms with Crippen LogP contribution in [0.3, 0.4) is 0 Å². The molecule has 0 bridgehead atoms. The van der Waals surface area contributed by atoms with E-state index in [1.54, 1.807) is 32.4 Å². The minimum Gasteiger partial charge on any atom is -0.504 e. The molecule has 6 N–H and O–H groups in total. The molecule has 0 spiro atoms. The maximum Gasteiger partial charge on any atom is 0.263 e. The molecule has 11 rings (SSSR count). The van der Waals surface area contributed by atoms with Gasteiger partial charge in [0.1, 0.15) is 56.7 Å². The molecule has 0 unspecified atom stereocenters. The van der Waals surface area contributed by atoms with Gasteiger partial charge in [0.05, 0.1) is 110 Å². The fraction of sp³-hybridized carbons (Fsp3) is 0.444. The Balaban J connectivity index is 0.000000187. The Morgan fingerprint density at radius 3 is 1.01 bits per heavy atom. The third-order valence-corrected chi connectivity index (χ3v) is 20.5. The Morgan fingerprint density at radius 1 is 0.411 bits per heavy atom. The second-order valence-corrected chi connectivity index (χ2v) is 30.7. The molecule has 107 heavy (non-hydrogen) atoms. The number of hydrogen-bond donors (Lipinski definition) is 6. The van der Waals surface area contributed by atoms with Gasteiger partial charge in [-0.1, -0.05) is 144 Å². The monoisotopic (exact) mass is 1670 g/mol. The van der Waals surface area contributed by atoms with E-state index in [1.807, 2.05) is 107 Å². The van der Waals surface area contributed by atoms with Gasteiger partial charge in [-0.05, 0) is 152 Å². The van der Waals surface area contributed by atoms with Crippen molar-refractivity contribution < 1.29 is 25.5 Å². The maximum atomic E-state index is 12.9. The molecular formula is C72H87Cl10N15O10. The predicted octanol–water partition coefficient (Wildman–Crippen LogP) is 15.3. The number of phenols is 5. The van der Waals surface area contributed by atoms with Crippen LogP contribution in [0.5, 0.6) is 28.7 Å². The van der Waals surface area contributed by atoms with Crippen molar-refractivity contribution in [1.82, 2.24) is 72.7 Å². The number of aromatic hydroxyl groups is 5. The van der Waals surface area contributed by atoms with Crippen LogP contribution in [0, 0.1) is 5.92 Å². The van der Waals surface area contributed by atoms with Crippen LogP contribution >= 0.6 is 116 Å². The molecule has 35 heteroatoms. The van der Waals surface area contributed by atoms with E-state index in [1.165, 1.54) is 34.9 Å². The van der Waals surface area contributed by atoms with Crippen molar-refractivity contribution in [2.45, 2.75) is 139 Å². The highest BCUT2D eigenvalue weighted by Crippen LogP contribution is 2.41. The summed E-state index contributed by atoms with van der Waals surface area (Å²) < 4.78 is 7.90. The minimum absolute atomic E-state index is 0.0705. The minimum atomic E-state index is -0.300. The highest BCUT2D eigenvalue weighted by Gasteiger charge is 2.28. The van der Waals surface area contributed by atoms with Crippen molar-refractivity contribution in [1.29, 1.82) is 0 Å². The first-order valence-corrected chi connectivity index (χ1v) is 37.9. The van der Waals surface area contributed by atoms with E-state index >= 15 is 0 Å². The zero-order valence-corrected chi connectivity index (χ0v) is 69.6. The van der Waals surface area contributed by atoms with Crippen LogP contribution in [0.4, 0.5) is 0 Å². The van der Waals surface area contributed by atoms with E-state index in [4.69, 9.17) is 116 Å². The number of rotatable bonds is 19. The number of halogens is 10. The summed E-state index contributed by atoms with van der Waals surface area (Å²) in [5.74, 6) is 2.31. The number of nitrogens with one attached hydrogen (secondary N) is 1. The SMILES string of the molecule is CC(C)n1c(CN(C)C)nc2c(O)c(Cl)cc(Cl)c2c1=O.CCN(C)Cc1nc2c(O)c(Cl)cc(Cl)c2c(=O)n1C.CCN(C)Cc1nc2c(O)c(Cl)cc(Cl)c2c(=O)n1CC1CC1.CCN(CC)Cc1nc2c(O)c(Cl)cc(Cl)c2c(=O)n1C(C)C.CNCc1nc2c(O)c(Cl)cc(Cl)c2c(=O)n1C(C)C. The lowest BCUT2D eigenvalue weighted by Gasteiger charge is -2.23. The van der Waals surface area contributed by atoms with E-state index in [0.29, 0.717) is 74.3 Å². The molecule has 5 aromatic heterocycles. The summed E-state index contributed by atoms with van der Waals surface area (Å²) in [6.45, 7) is 25.9. The molecule has 5 aromatic carbocycles. The second-order valence-electron chi connectivity index (χ2n) is 26.6. The highest BCUT2D eigenvalue weighted by molar-refractivity contribution is 6.42. The molecule has 580 valence electrons. The number of aromatic nitrogens is 10. The van der Waals surface area contributed by atoms with E-state index in [-0.39, 0.29) is 179 Å². The van der Waals surface area contributed by atoms with Crippen LogP contribution in [0.2, 0.25) is 50.2 Å². The van der Waals surface area contributed by atoms with Gasteiger partial charge in [0.25, 0.3) is 27.8 Å². The third kappa shape index (κ3) is 19.6. The summed E-state index contributed by atoms with van der Waals surface area (Å²) in [5.41, 5.74) is -0.568. The molecule has 0 amide bonds. The van der Waals surface area contributed by atoms with Gasteiger partial charge >= 0.3 is 0 Å². The van der Waals surface area contributed by atoms with Crippen molar-refractivity contribution >= 4 is 171 Å². The highest BCUT2D eigenvalue weighted by atomic mass is 35.5. The van der Waals surface area contributed by atoms with Crippen LogP contribution in [0.15, 0.2) is 54.3 Å².